The Morgan fingerprint density at radius 3 is 2.59 bits per heavy atom. The molecule has 0 aliphatic carbocycles. The van der Waals surface area contributed by atoms with Crippen molar-refractivity contribution in [2.45, 2.75) is 48.1 Å². The van der Waals surface area contributed by atoms with E-state index in [4.69, 9.17) is 11.6 Å². The molecule has 4 rings (SSSR count). The average molecular weight is 593 g/mol. The normalized spacial score (nSPS) is 23.0. The summed E-state index contributed by atoms with van der Waals surface area (Å²) in [4.78, 5) is 18.1. The van der Waals surface area contributed by atoms with Crippen molar-refractivity contribution >= 4 is 50.9 Å². The number of alkyl halides is 1. The van der Waals surface area contributed by atoms with Crippen LogP contribution in [0.3, 0.4) is 0 Å². The number of fused-ring (bicyclic) bond motifs is 1. The summed E-state index contributed by atoms with van der Waals surface area (Å²) in [6.07, 6.45) is 2.09. The van der Waals surface area contributed by atoms with Crippen molar-refractivity contribution in [2.75, 3.05) is 20.6 Å². The largest absolute Gasteiger partial charge is 0.327 e. The van der Waals surface area contributed by atoms with Crippen molar-refractivity contribution in [1.82, 2.24) is 9.80 Å². The molecule has 3 nitrogen and oxygen atoms in total. The molecule has 1 saturated heterocycles. The molecule has 0 aromatic heterocycles. The van der Waals surface area contributed by atoms with E-state index in [1.807, 2.05) is 54.4 Å². The van der Waals surface area contributed by atoms with Crippen LogP contribution in [0.15, 0.2) is 60.7 Å². The fourth-order valence-corrected chi connectivity index (χ4v) is 6.18. The zero-order valence-corrected chi connectivity index (χ0v) is 23.0. The second-order valence-corrected chi connectivity index (χ2v) is 12.4. The lowest BCUT2D eigenvalue weighted by atomic mass is 9.68. The predicted molar refractivity (Wildman–Crippen MR) is 147 cm³/mol. The number of amides is 1. The first-order chi connectivity index (χ1) is 16.0. The van der Waals surface area contributed by atoms with Crippen LogP contribution in [-0.2, 0) is 13.8 Å². The van der Waals surface area contributed by atoms with Crippen LogP contribution in [0, 0.1) is 5.82 Å². The maximum Gasteiger partial charge on any atom is 0.224 e. The number of piperidine rings is 1. The maximum absolute atomic E-state index is 13.9. The van der Waals surface area contributed by atoms with E-state index in [0.717, 1.165) is 41.3 Å². The Morgan fingerprint density at radius 2 is 1.91 bits per heavy atom. The van der Waals surface area contributed by atoms with Crippen molar-refractivity contribution in [1.29, 1.82) is 0 Å². The van der Waals surface area contributed by atoms with Crippen molar-refractivity contribution < 1.29 is 9.18 Å². The molecule has 3 unspecified atom stereocenters. The van der Waals surface area contributed by atoms with Gasteiger partial charge < -0.3 is 9.80 Å². The number of rotatable bonds is 5. The summed E-state index contributed by atoms with van der Waals surface area (Å²) in [6.45, 7) is 5.16. The van der Waals surface area contributed by atoms with Gasteiger partial charge in [0.2, 0.25) is 5.91 Å². The third-order valence-electron chi connectivity index (χ3n) is 7.65. The lowest BCUT2D eigenvalue weighted by Gasteiger charge is -2.46. The molecule has 0 saturated carbocycles. The quantitative estimate of drug-likeness (QED) is 0.179. The molecule has 0 bridgehead atoms. The van der Waals surface area contributed by atoms with Gasteiger partial charge >= 0.3 is 0 Å². The SMILES string of the molecule is CC1CC(CC(=O)N(C)C(C)(I)c2cc(Cl)cc3ccccc23)(c2ccc(F)cc2)CCN1C. The van der Waals surface area contributed by atoms with E-state index in [0.29, 0.717) is 17.5 Å². The number of hydrogen-bond donors (Lipinski definition) is 0. The molecule has 1 heterocycles. The highest BCUT2D eigenvalue weighted by molar-refractivity contribution is 14.1. The summed E-state index contributed by atoms with van der Waals surface area (Å²) < 4.78 is 13.1. The zero-order chi connectivity index (χ0) is 24.7. The number of halogens is 3. The van der Waals surface area contributed by atoms with Gasteiger partial charge in [-0.1, -0.05) is 48.0 Å². The van der Waals surface area contributed by atoms with Gasteiger partial charge in [0.05, 0.1) is 0 Å². The van der Waals surface area contributed by atoms with Gasteiger partial charge in [-0.15, -0.1) is 0 Å². The highest BCUT2D eigenvalue weighted by atomic mass is 127. The van der Waals surface area contributed by atoms with Gasteiger partial charge in [0.25, 0.3) is 0 Å². The molecule has 1 aliphatic rings. The Bertz CT molecular complexity index is 1200. The fraction of sp³-hybridized carbons (Fsp3) is 0.393. The Labute approximate surface area is 220 Å². The zero-order valence-electron chi connectivity index (χ0n) is 20.1. The van der Waals surface area contributed by atoms with Gasteiger partial charge in [0.1, 0.15) is 9.36 Å². The average Bonchev–Trinajstić information content (AvgIpc) is 2.80. The lowest BCUT2D eigenvalue weighted by Crippen LogP contribution is -2.49. The molecule has 0 N–H and O–H groups in total. The van der Waals surface area contributed by atoms with Crippen LogP contribution in [0.5, 0.6) is 0 Å². The molecular formula is C28H31ClFIN2O. The summed E-state index contributed by atoms with van der Waals surface area (Å²) in [6, 6.07) is 19.1. The molecule has 3 aromatic carbocycles. The highest BCUT2D eigenvalue weighted by Crippen LogP contribution is 2.44. The minimum Gasteiger partial charge on any atom is -0.327 e. The van der Waals surface area contributed by atoms with Crippen LogP contribution in [0.25, 0.3) is 10.8 Å². The molecule has 1 aliphatic heterocycles. The number of nitrogens with zero attached hydrogens (tertiary/aromatic N) is 2. The molecule has 6 heteroatoms. The predicted octanol–water partition coefficient (Wildman–Crippen LogP) is 7.14. The van der Waals surface area contributed by atoms with Gasteiger partial charge in [-0.2, -0.15) is 0 Å². The van der Waals surface area contributed by atoms with Gasteiger partial charge in [0.15, 0.2) is 0 Å². The molecule has 1 amide bonds. The minimum atomic E-state index is -0.597. The topological polar surface area (TPSA) is 23.6 Å². The van der Waals surface area contributed by atoms with Gasteiger partial charge in [0, 0.05) is 29.9 Å². The third kappa shape index (κ3) is 4.84. The van der Waals surface area contributed by atoms with Crippen molar-refractivity contribution in [3.8, 4) is 0 Å². The molecule has 3 aromatic rings. The molecular weight excluding hydrogens is 562 g/mol. The third-order valence-corrected chi connectivity index (χ3v) is 9.17. The Morgan fingerprint density at radius 1 is 1.24 bits per heavy atom. The second-order valence-electron chi connectivity index (χ2n) is 9.83. The van der Waals surface area contributed by atoms with Crippen LogP contribution in [0.2, 0.25) is 5.02 Å². The highest BCUT2D eigenvalue weighted by Gasteiger charge is 2.43. The first-order valence-electron chi connectivity index (χ1n) is 11.6. The summed E-state index contributed by atoms with van der Waals surface area (Å²) in [7, 11) is 4.00. The van der Waals surface area contributed by atoms with E-state index < -0.39 is 3.55 Å². The van der Waals surface area contributed by atoms with E-state index >= 15 is 0 Å². The monoisotopic (exact) mass is 592 g/mol. The first kappa shape index (κ1) is 25.4. The van der Waals surface area contributed by atoms with Crippen LogP contribution >= 0.6 is 34.2 Å². The molecule has 34 heavy (non-hydrogen) atoms. The van der Waals surface area contributed by atoms with E-state index in [1.165, 1.54) is 12.1 Å². The van der Waals surface area contributed by atoms with Crippen LogP contribution in [0.4, 0.5) is 4.39 Å². The van der Waals surface area contributed by atoms with Crippen molar-refractivity contribution in [3.63, 3.8) is 0 Å². The summed E-state index contributed by atoms with van der Waals surface area (Å²) >= 11 is 8.83. The molecule has 3 atom stereocenters. The summed E-state index contributed by atoms with van der Waals surface area (Å²) in [5.41, 5.74) is 1.73. The molecule has 0 spiro atoms. The number of benzene rings is 3. The Balaban J connectivity index is 1.69. The minimum absolute atomic E-state index is 0.0713. The van der Waals surface area contributed by atoms with Gasteiger partial charge in [-0.05, 0) is 109 Å². The van der Waals surface area contributed by atoms with Crippen molar-refractivity contribution in [2.24, 2.45) is 0 Å². The summed E-state index contributed by atoms with van der Waals surface area (Å²) in [5, 5.41) is 2.80. The van der Waals surface area contributed by atoms with Crippen LogP contribution in [-0.4, -0.2) is 42.4 Å². The first-order valence-corrected chi connectivity index (χ1v) is 13.1. The maximum atomic E-state index is 13.9. The van der Waals surface area contributed by atoms with Crippen molar-refractivity contribution in [3.05, 3.63) is 82.6 Å². The van der Waals surface area contributed by atoms with E-state index in [1.54, 1.807) is 0 Å². The molecule has 180 valence electrons. The number of carbonyl (C=O) groups excluding carboxylic acids is 1. The number of likely N-dealkylation sites (tertiary alicyclic amines) is 1. The van der Waals surface area contributed by atoms with E-state index in [9.17, 15) is 9.18 Å². The van der Waals surface area contributed by atoms with Gasteiger partial charge in [-0.25, -0.2) is 4.39 Å². The molecule has 0 radical (unpaired) electrons. The number of carbonyl (C=O) groups is 1. The standard InChI is InChI=1S/C28H31ClFIN2O/c1-19-17-28(13-14-32(19)3,21-9-11-23(30)12-10-21)18-26(34)33(4)27(2,31)25-16-22(29)15-20-7-5-6-8-24(20)25/h5-12,15-16,19H,13-14,17-18H2,1-4H3. The van der Waals surface area contributed by atoms with Crippen LogP contribution in [0.1, 0.15) is 44.2 Å². The summed E-state index contributed by atoms with van der Waals surface area (Å²) in [5.74, 6) is -0.182. The van der Waals surface area contributed by atoms with Gasteiger partial charge in [-0.3, -0.25) is 4.79 Å². The fourth-order valence-electron chi connectivity index (χ4n) is 5.24. The Kier molecular flexibility index (Phi) is 7.28. The molecule has 1 fully saturated rings. The van der Waals surface area contributed by atoms with E-state index in [-0.39, 0.29) is 17.1 Å². The second kappa shape index (κ2) is 9.75. The lowest BCUT2D eigenvalue weighted by molar-refractivity contribution is -0.134. The number of hydrogen-bond acceptors (Lipinski definition) is 2. The van der Waals surface area contributed by atoms with E-state index in [2.05, 4.69) is 54.5 Å². The van der Waals surface area contributed by atoms with Crippen LogP contribution < -0.4 is 0 Å². The Hall–Kier alpha value is -1.70. The smallest absolute Gasteiger partial charge is 0.224 e.